The summed E-state index contributed by atoms with van der Waals surface area (Å²) in [5, 5.41) is 13.1. The summed E-state index contributed by atoms with van der Waals surface area (Å²) in [4.78, 5) is 4.57. The second-order valence-corrected chi connectivity index (χ2v) is 8.49. The van der Waals surface area contributed by atoms with E-state index in [1.54, 1.807) is 6.07 Å². The Bertz CT molecular complexity index is 933. The number of anilines is 2. The number of imidazole rings is 1. The van der Waals surface area contributed by atoms with Gasteiger partial charge in [0.05, 0.1) is 17.6 Å². The van der Waals surface area contributed by atoms with Gasteiger partial charge >= 0.3 is 0 Å². The minimum Gasteiger partial charge on any atom is -0.352 e. The van der Waals surface area contributed by atoms with E-state index in [2.05, 4.69) is 29.5 Å². The Morgan fingerprint density at radius 2 is 2.07 bits per heavy atom. The summed E-state index contributed by atoms with van der Waals surface area (Å²) >= 11 is 1.82. The molecule has 1 fully saturated rings. The van der Waals surface area contributed by atoms with Gasteiger partial charge in [-0.05, 0) is 56.1 Å². The second-order valence-electron chi connectivity index (χ2n) is 7.17. The molecular formula is C20H24FN5S. The number of benzene rings is 1. The van der Waals surface area contributed by atoms with Crippen LogP contribution in [-0.2, 0) is 0 Å². The maximum atomic E-state index is 13.6. The van der Waals surface area contributed by atoms with E-state index in [9.17, 15) is 4.39 Å². The Hall–Kier alpha value is -2.12. The Balaban J connectivity index is 1.73. The van der Waals surface area contributed by atoms with Gasteiger partial charge in [-0.3, -0.25) is 0 Å². The fourth-order valence-electron chi connectivity index (χ4n) is 3.31. The van der Waals surface area contributed by atoms with E-state index in [-0.39, 0.29) is 5.82 Å². The molecule has 7 heteroatoms. The summed E-state index contributed by atoms with van der Waals surface area (Å²) in [7, 11) is 0. The summed E-state index contributed by atoms with van der Waals surface area (Å²) in [6.45, 7) is 6.38. The number of rotatable bonds is 5. The van der Waals surface area contributed by atoms with Crippen LogP contribution in [0.15, 0.2) is 41.6 Å². The third-order valence-corrected chi connectivity index (χ3v) is 5.99. The first-order chi connectivity index (χ1) is 13.1. The van der Waals surface area contributed by atoms with Crippen LogP contribution in [0.5, 0.6) is 0 Å². The molecule has 1 saturated heterocycles. The van der Waals surface area contributed by atoms with Gasteiger partial charge in [0.2, 0.25) is 0 Å². The first kappa shape index (κ1) is 18.3. The van der Waals surface area contributed by atoms with E-state index in [0.29, 0.717) is 16.9 Å². The van der Waals surface area contributed by atoms with Gasteiger partial charge in [-0.15, -0.1) is 11.8 Å². The number of nitrogens with one attached hydrogen (secondary N) is 2. The molecule has 1 aliphatic rings. The zero-order chi connectivity index (χ0) is 18.8. The third-order valence-electron chi connectivity index (χ3n) is 4.74. The van der Waals surface area contributed by atoms with Crippen LogP contribution in [0, 0.1) is 5.82 Å². The molecule has 0 bridgehead atoms. The number of hydrogen-bond donors (Lipinski definition) is 2. The minimum atomic E-state index is -0.263. The highest BCUT2D eigenvalue weighted by Gasteiger charge is 2.19. The SMILES string of the molecule is CC(C)c1cnc2c(Nc3cccc(F)c3)cc(SC3CCNCC3)nn12. The van der Waals surface area contributed by atoms with E-state index in [1.165, 1.54) is 12.1 Å². The Kier molecular flexibility index (Phi) is 5.31. The van der Waals surface area contributed by atoms with Gasteiger partial charge in [0, 0.05) is 10.9 Å². The summed E-state index contributed by atoms with van der Waals surface area (Å²) in [5.74, 6) is 0.0502. The molecule has 4 rings (SSSR count). The van der Waals surface area contributed by atoms with Gasteiger partial charge in [0.25, 0.3) is 0 Å². The van der Waals surface area contributed by atoms with Crippen molar-refractivity contribution in [1.29, 1.82) is 0 Å². The molecule has 3 aromatic rings. The summed E-state index contributed by atoms with van der Waals surface area (Å²) in [6, 6.07) is 8.52. The van der Waals surface area contributed by atoms with Crippen molar-refractivity contribution >= 4 is 28.8 Å². The maximum absolute atomic E-state index is 13.6. The number of fused-ring (bicyclic) bond motifs is 1. The molecule has 0 atom stereocenters. The normalized spacial score (nSPS) is 15.6. The molecule has 0 spiro atoms. The highest BCUT2D eigenvalue weighted by Crippen LogP contribution is 2.32. The molecule has 0 unspecified atom stereocenters. The zero-order valence-corrected chi connectivity index (χ0v) is 16.4. The summed E-state index contributed by atoms with van der Waals surface area (Å²) in [5.41, 5.74) is 3.38. The van der Waals surface area contributed by atoms with E-state index in [1.807, 2.05) is 34.6 Å². The molecule has 0 radical (unpaired) electrons. The van der Waals surface area contributed by atoms with Crippen LogP contribution < -0.4 is 10.6 Å². The minimum absolute atomic E-state index is 0.263. The maximum Gasteiger partial charge on any atom is 0.177 e. The van der Waals surface area contributed by atoms with Crippen molar-refractivity contribution in [2.45, 2.75) is 42.9 Å². The molecule has 1 aliphatic heterocycles. The van der Waals surface area contributed by atoms with Crippen molar-refractivity contribution in [3.05, 3.63) is 48.0 Å². The number of nitrogens with zero attached hydrogens (tertiary/aromatic N) is 3. The van der Waals surface area contributed by atoms with Crippen molar-refractivity contribution in [3.63, 3.8) is 0 Å². The monoisotopic (exact) mass is 385 g/mol. The lowest BCUT2D eigenvalue weighted by Crippen LogP contribution is -2.29. The molecular weight excluding hydrogens is 361 g/mol. The third kappa shape index (κ3) is 4.09. The van der Waals surface area contributed by atoms with Gasteiger partial charge in [-0.25, -0.2) is 13.9 Å². The van der Waals surface area contributed by atoms with Crippen molar-refractivity contribution in [3.8, 4) is 0 Å². The molecule has 0 aliphatic carbocycles. The fourth-order valence-corrected chi connectivity index (χ4v) is 4.44. The quantitative estimate of drug-likeness (QED) is 0.673. The second kappa shape index (κ2) is 7.86. The van der Waals surface area contributed by atoms with Crippen molar-refractivity contribution < 1.29 is 4.39 Å². The smallest absolute Gasteiger partial charge is 0.177 e. The van der Waals surface area contributed by atoms with Gasteiger partial charge in [-0.2, -0.15) is 5.10 Å². The first-order valence-corrected chi connectivity index (χ1v) is 10.3. The van der Waals surface area contributed by atoms with E-state index < -0.39 is 0 Å². The topological polar surface area (TPSA) is 54.2 Å². The van der Waals surface area contributed by atoms with Gasteiger partial charge in [-0.1, -0.05) is 19.9 Å². The van der Waals surface area contributed by atoms with Crippen LogP contribution in [0.2, 0.25) is 0 Å². The Morgan fingerprint density at radius 3 is 2.81 bits per heavy atom. The van der Waals surface area contributed by atoms with E-state index in [4.69, 9.17) is 5.10 Å². The van der Waals surface area contributed by atoms with E-state index >= 15 is 0 Å². The number of halogens is 1. The van der Waals surface area contributed by atoms with Crippen LogP contribution in [0.1, 0.15) is 38.3 Å². The van der Waals surface area contributed by atoms with Gasteiger partial charge in [0.1, 0.15) is 10.8 Å². The average molecular weight is 386 g/mol. The molecule has 0 amide bonds. The van der Waals surface area contributed by atoms with Crippen LogP contribution in [0.3, 0.4) is 0 Å². The Labute approximate surface area is 162 Å². The molecule has 0 saturated carbocycles. The zero-order valence-electron chi connectivity index (χ0n) is 15.6. The number of aromatic nitrogens is 3. The molecule has 2 aromatic heterocycles. The average Bonchev–Trinajstić information content (AvgIpc) is 3.07. The summed E-state index contributed by atoms with van der Waals surface area (Å²) in [6.07, 6.45) is 4.15. The van der Waals surface area contributed by atoms with Crippen LogP contribution >= 0.6 is 11.8 Å². The molecule has 1 aromatic carbocycles. The summed E-state index contributed by atoms with van der Waals surface area (Å²) < 4.78 is 15.5. The number of piperidine rings is 1. The van der Waals surface area contributed by atoms with Crippen LogP contribution in [-0.4, -0.2) is 32.9 Å². The van der Waals surface area contributed by atoms with Gasteiger partial charge in [0.15, 0.2) is 5.65 Å². The predicted molar refractivity (Wildman–Crippen MR) is 109 cm³/mol. The lowest BCUT2D eigenvalue weighted by molar-refractivity contribution is 0.531. The lowest BCUT2D eigenvalue weighted by Gasteiger charge is -2.22. The predicted octanol–water partition coefficient (Wildman–Crippen LogP) is 4.58. The highest BCUT2D eigenvalue weighted by molar-refractivity contribution is 7.99. The highest BCUT2D eigenvalue weighted by atomic mass is 32.2. The number of hydrogen-bond acceptors (Lipinski definition) is 5. The van der Waals surface area contributed by atoms with Crippen LogP contribution in [0.25, 0.3) is 5.65 Å². The molecule has 3 heterocycles. The fraction of sp³-hybridized carbons (Fsp3) is 0.400. The molecule has 142 valence electrons. The Morgan fingerprint density at radius 1 is 1.26 bits per heavy atom. The lowest BCUT2D eigenvalue weighted by atomic mass is 10.2. The van der Waals surface area contributed by atoms with Gasteiger partial charge < -0.3 is 10.6 Å². The standard InChI is InChI=1S/C20H24FN5S/c1-13(2)18-12-23-20-17(24-15-5-3-4-14(21)10-15)11-19(25-26(18)20)27-16-6-8-22-9-7-16/h3-5,10-13,16,22,24H,6-9H2,1-2H3. The molecule has 27 heavy (non-hydrogen) atoms. The van der Waals surface area contributed by atoms with E-state index in [0.717, 1.165) is 48.0 Å². The van der Waals surface area contributed by atoms with Crippen molar-refractivity contribution in [2.75, 3.05) is 18.4 Å². The number of thioether (sulfide) groups is 1. The first-order valence-electron chi connectivity index (χ1n) is 9.39. The molecule has 5 nitrogen and oxygen atoms in total. The van der Waals surface area contributed by atoms with Crippen LogP contribution in [0.4, 0.5) is 15.8 Å². The van der Waals surface area contributed by atoms with Crippen molar-refractivity contribution in [1.82, 2.24) is 19.9 Å². The van der Waals surface area contributed by atoms with Crippen molar-refractivity contribution in [2.24, 2.45) is 0 Å². The largest absolute Gasteiger partial charge is 0.352 e. The molecule has 2 N–H and O–H groups in total.